The Morgan fingerprint density at radius 3 is 2.62 bits per heavy atom. The maximum absolute atomic E-state index is 12.2. The van der Waals surface area contributed by atoms with Gasteiger partial charge in [-0.15, -0.1) is 0 Å². The average molecular weight is 327 g/mol. The molecule has 1 heterocycles. The summed E-state index contributed by atoms with van der Waals surface area (Å²) in [7, 11) is 0. The second-order valence-electron chi connectivity index (χ2n) is 6.64. The minimum Gasteiger partial charge on any atom is -0.353 e. The third-order valence-electron chi connectivity index (χ3n) is 4.72. The van der Waals surface area contributed by atoms with Crippen LogP contribution in [-0.4, -0.2) is 21.9 Å². The number of carbonyl (C=O) groups excluding carboxylic acids is 1. The molecule has 1 aliphatic rings. The molecule has 1 aromatic heterocycles. The van der Waals surface area contributed by atoms with E-state index in [4.69, 9.17) is 0 Å². The number of rotatable bonds is 4. The normalized spacial score (nSPS) is 16.5. The van der Waals surface area contributed by atoms with Crippen molar-refractivity contribution < 1.29 is 4.79 Å². The zero-order valence-electron chi connectivity index (χ0n) is 14.0. The van der Waals surface area contributed by atoms with Crippen LogP contribution in [0.4, 0.5) is 0 Å². The number of amides is 1. The lowest BCUT2D eigenvalue weighted by Crippen LogP contribution is -2.35. The maximum atomic E-state index is 12.2. The molecule has 5 nitrogen and oxygen atoms in total. The van der Waals surface area contributed by atoms with Gasteiger partial charge in [0.05, 0.1) is 10.9 Å². The van der Waals surface area contributed by atoms with E-state index < -0.39 is 0 Å². The lowest BCUT2D eigenvalue weighted by molar-refractivity contribution is -0.121. The molecule has 1 amide bonds. The number of nitrogens with one attached hydrogen (secondary N) is 2. The summed E-state index contributed by atoms with van der Waals surface area (Å²) in [4.78, 5) is 31.5. The van der Waals surface area contributed by atoms with Crippen LogP contribution in [0, 0.1) is 0 Å². The molecule has 5 heteroatoms. The first kappa shape index (κ1) is 16.7. The van der Waals surface area contributed by atoms with Gasteiger partial charge < -0.3 is 10.3 Å². The smallest absolute Gasteiger partial charge is 0.258 e. The van der Waals surface area contributed by atoms with Gasteiger partial charge in [-0.2, -0.15) is 0 Å². The van der Waals surface area contributed by atoms with Gasteiger partial charge in [-0.1, -0.05) is 44.2 Å². The van der Waals surface area contributed by atoms with E-state index in [1.165, 1.54) is 32.1 Å². The van der Waals surface area contributed by atoms with Gasteiger partial charge in [0.15, 0.2) is 0 Å². The number of para-hydroxylation sites is 1. The third kappa shape index (κ3) is 4.43. The predicted molar refractivity (Wildman–Crippen MR) is 94.9 cm³/mol. The van der Waals surface area contributed by atoms with Crippen molar-refractivity contribution in [3.8, 4) is 0 Å². The third-order valence-corrected chi connectivity index (χ3v) is 4.72. The van der Waals surface area contributed by atoms with Crippen molar-refractivity contribution in [2.75, 3.05) is 0 Å². The number of benzene rings is 1. The Balaban J connectivity index is 1.56. The fourth-order valence-corrected chi connectivity index (χ4v) is 3.39. The number of aromatic nitrogens is 2. The van der Waals surface area contributed by atoms with Gasteiger partial charge in [0.2, 0.25) is 5.91 Å². The maximum Gasteiger partial charge on any atom is 0.258 e. The van der Waals surface area contributed by atoms with Crippen molar-refractivity contribution in [1.29, 1.82) is 0 Å². The van der Waals surface area contributed by atoms with Crippen LogP contribution >= 0.6 is 0 Å². The van der Waals surface area contributed by atoms with Crippen molar-refractivity contribution in [1.82, 2.24) is 15.3 Å². The number of nitrogens with zero attached hydrogens (tertiary/aromatic N) is 1. The highest BCUT2D eigenvalue weighted by Crippen LogP contribution is 2.17. The van der Waals surface area contributed by atoms with Gasteiger partial charge in [-0.25, -0.2) is 4.98 Å². The zero-order valence-corrected chi connectivity index (χ0v) is 14.0. The molecule has 0 saturated heterocycles. The largest absolute Gasteiger partial charge is 0.353 e. The summed E-state index contributed by atoms with van der Waals surface area (Å²) in [6.45, 7) is 0. The monoisotopic (exact) mass is 327 g/mol. The molecule has 0 spiro atoms. The number of fused-ring (bicyclic) bond motifs is 1. The van der Waals surface area contributed by atoms with E-state index in [-0.39, 0.29) is 11.5 Å². The van der Waals surface area contributed by atoms with Crippen molar-refractivity contribution in [2.45, 2.75) is 63.8 Å². The summed E-state index contributed by atoms with van der Waals surface area (Å²) < 4.78 is 0. The fraction of sp³-hybridized carbons (Fsp3) is 0.526. The quantitative estimate of drug-likeness (QED) is 0.906. The van der Waals surface area contributed by atoms with Crippen LogP contribution in [0.5, 0.6) is 0 Å². The Hall–Kier alpha value is -2.17. The van der Waals surface area contributed by atoms with Crippen LogP contribution in [0.1, 0.15) is 57.2 Å². The highest BCUT2D eigenvalue weighted by Gasteiger charge is 2.14. The van der Waals surface area contributed by atoms with Crippen LogP contribution in [0.25, 0.3) is 10.9 Å². The lowest BCUT2D eigenvalue weighted by Gasteiger charge is -2.21. The van der Waals surface area contributed by atoms with E-state index in [1.807, 2.05) is 18.2 Å². The predicted octanol–water partition coefficient (Wildman–Crippen LogP) is 3.08. The van der Waals surface area contributed by atoms with E-state index in [0.29, 0.717) is 35.6 Å². The van der Waals surface area contributed by atoms with E-state index >= 15 is 0 Å². The van der Waals surface area contributed by atoms with E-state index in [1.54, 1.807) is 6.07 Å². The molecule has 0 unspecified atom stereocenters. The summed E-state index contributed by atoms with van der Waals surface area (Å²) in [5, 5.41) is 3.73. The number of hydrogen-bond donors (Lipinski definition) is 2. The minimum atomic E-state index is -0.143. The van der Waals surface area contributed by atoms with Gasteiger partial charge in [0.1, 0.15) is 5.82 Å². The fourth-order valence-electron chi connectivity index (χ4n) is 3.39. The summed E-state index contributed by atoms with van der Waals surface area (Å²) in [5.41, 5.74) is 0.535. The Labute approximate surface area is 141 Å². The van der Waals surface area contributed by atoms with Gasteiger partial charge >= 0.3 is 0 Å². The number of hydrogen-bond acceptors (Lipinski definition) is 3. The van der Waals surface area contributed by atoms with Crippen LogP contribution < -0.4 is 10.9 Å². The molecule has 0 bridgehead atoms. The van der Waals surface area contributed by atoms with Gasteiger partial charge in [-0.3, -0.25) is 9.59 Å². The van der Waals surface area contributed by atoms with Gasteiger partial charge in [-0.05, 0) is 25.0 Å². The molecule has 1 aromatic carbocycles. The summed E-state index contributed by atoms with van der Waals surface area (Å²) in [6, 6.07) is 7.57. The first-order chi connectivity index (χ1) is 11.7. The van der Waals surface area contributed by atoms with E-state index in [9.17, 15) is 9.59 Å². The van der Waals surface area contributed by atoms with Crippen molar-refractivity contribution in [3.05, 3.63) is 40.4 Å². The first-order valence-electron chi connectivity index (χ1n) is 9.00. The average Bonchev–Trinajstić information content (AvgIpc) is 2.55. The highest BCUT2D eigenvalue weighted by atomic mass is 16.1. The Morgan fingerprint density at radius 2 is 1.83 bits per heavy atom. The Kier molecular flexibility index (Phi) is 5.62. The van der Waals surface area contributed by atoms with E-state index in [2.05, 4.69) is 15.3 Å². The molecule has 1 aliphatic carbocycles. The standard InChI is InChI=1S/C19H25N3O2/c23-18(20-14-8-4-2-1-3-5-9-14)13-12-17-21-16-11-7-6-10-15(16)19(24)22-17/h6-7,10-11,14H,1-5,8-9,12-13H2,(H,20,23)(H,21,22,24). The van der Waals surface area contributed by atoms with Crippen molar-refractivity contribution in [3.63, 3.8) is 0 Å². The van der Waals surface area contributed by atoms with Crippen LogP contribution in [0.15, 0.2) is 29.1 Å². The van der Waals surface area contributed by atoms with Gasteiger partial charge in [0.25, 0.3) is 5.56 Å². The SMILES string of the molecule is O=C(CCc1nc2ccccc2c(=O)[nH]1)NC1CCCCCCC1. The number of carbonyl (C=O) groups is 1. The zero-order chi connectivity index (χ0) is 16.8. The second kappa shape index (κ2) is 8.08. The molecule has 2 N–H and O–H groups in total. The second-order valence-corrected chi connectivity index (χ2v) is 6.64. The molecule has 0 aliphatic heterocycles. The lowest BCUT2D eigenvalue weighted by atomic mass is 9.96. The Morgan fingerprint density at radius 1 is 1.12 bits per heavy atom. The van der Waals surface area contributed by atoms with Crippen LogP contribution in [0.3, 0.4) is 0 Å². The first-order valence-corrected chi connectivity index (χ1v) is 9.00. The molecule has 2 aromatic rings. The van der Waals surface area contributed by atoms with Crippen molar-refractivity contribution >= 4 is 16.8 Å². The Bertz CT molecular complexity index is 746. The molecule has 1 saturated carbocycles. The molecule has 0 radical (unpaired) electrons. The molecule has 128 valence electrons. The summed E-state index contributed by atoms with van der Waals surface area (Å²) >= 11 is 0. The summed E-state index contributed by atoms with van der Waals surface area (Å²) in [5.74, 6) is 0.628. The molecule has 0 atom stereocenters. The molecule has 24 heavy (non-hydrogen) atoms. The summed E-state index contributed by atoms with van der Waals surface area (Å²) in [6.07, 6.45) is 9.24. The molecular weight excluding hydrogens is 302 g/mol. The highest BCUT2D eigenvalue weighted by molar-refractivity contribution is 5.78. The number of aromatic amines is 1. The number of aryl methyl sites for hydroxylation is 1. The molecular formula is C19H25N3O2. The number of H-pyrrole nitrogens is 1. The molecule has 3 rings (SSSR count). The van der Waals surface area contributed by atoms with Crippen LogP contribution in [0.2, 0.25) is 0 Å². The molecule has 1 fully saturated rings. The van der Waals surface area contributed by atoms with Crippen LogP contribution in [-0.2, 0) is 11.2 Å². The topological polar surface area (TPSA) is 74.8 Å². The van der Waals surface area contributed by atoms with Crippen molar-refractivity contribution in [2.24, 2.45) is 0 Å². The van der Waals surface area contributed by atoms with E-state index in [0.717, 1.165) is 12.8 Å². The van der Waals surface area contributed by atoms with Gasteiger partial charge in [0, 0.05) is 18.9 Å². The minimum absolute atomic E-state index is 0.0522.